The minimum atomic E-state index is -0.342. The molecule has 1 aliphatic rings. The maximum atomic E-state index is 11.7. The minimum absolute atomic E-state index is 0.00226. The van der Waals surface area contributed by atoms with Gasteiger partial charge in [0.25, 0.3) is 0 Å². The van der Waals surface area contributed by atoms with Crippen LogP contribution in [0.1, 0.15) is 40.0 Å². The van der Waals surface area contributed by atoms with Gasteiger partial charge in [0.2, 0.25) is 11.8 Å². The fraction of sp³-hybridized carbons (Fsp3) is 0.857. The molecule has 110 valence electrons. The zero-order valence-electron chi connectivity index (χ0n) is 12.4. The molecule has 1 rings (SSSR count). The van der Waals surface area contributed by atoms with E-state index in [1.54, 1.807) is 11.9 Å². The molecule has 0 aliphatic carbocycles. The Balaban J connectivity index is 2.16. The van der Waals surface area contributed by atoms with E-state index in [1.165, 1.54) is 0 Å². The highest BCUT2D eigenvalue weighted by molar-refractivity contribution is 5.88. The Hall–Kier alpha value is -1.10. The van der Waals surface area contributed by atoms with Crippen molar-refractivity contribution in [3.63, 3.8) is 0 Å². The van der Waals surface area contributed by atoms with Crippen molar-refractivity contribution in [1.82, 2.24) is 10.2 Å². The Bertz CT molecular complexity index is 318. The summed E-state index contributed by atoms with van der Waals surface area (Å²) in [6.45, 7) is 7.44. The highest BCUT2D eigenvalue weighted by atomic mass is 16.5. The summed E-state index contributed by atoms with van der Waals surface area (Å²) in [5, 5.41) is 2.76. The number of rotatable bonds is 7. The van der Waals surface area contributed by atoms with Crippen LogP contribution in [0.5, 0.6) is 0 Å². The first kappa shape index (κ1) is 16.0. The van der Waals surface area contributed by atoms with Crippen LogP contribution in [0.4, 0.5) is 0 Å². The highest BCUT2D eigenvalue weighted by Gasteiger charge is 2.29. The van der Waals surface area contributed by atoms with Gasteiger partial charge in [-0.1, -0.05) is 13.8 Å². The van der Waals surface area contributed by atoms with Gasteiger partial charge < -0.3 is 15.0 Å². The molecule has 0 aromatic carbocycles. The Morgan fingerprint density at radius 3 is 2.68 bits per heavy atom. The van der Waals surface area contributed by atoms with Crippen LogP contribution in [-0.2, 0) is 14.3 Å². The third-order valence-electron chi connectivity index (χ3n) is 3.30. The lowest BCUT2D eigenvalue weighted by Crippen LogP contribution is -2.40. The first-order valence-corrected chi connectivity index (χ1v) is 7.06. The monoisotopic (exact) mass is 270 g/mol. The molecule has 0 saturated carbocycles. The number of likely N-dealkylation sites (N-methyl/N-ethyl adjacent to an activating group) is 1. The number of amides is 2. The number of hydrogen-bond acceptors (Lipinski definition) is 3. The number of hydrogen-bond donors (Lipinski definition) is 1. The molecule has 1 fully saturated rings. The fourth-order valence-corrected chi connectivity index (χ4v) is 2.31. The second kappa shape index (κ2) is 7.48. The zero-order chi connectivity index (χ0) is 14.4. The highest BCUT2D eigenvalue weighted by Crippen LogP contribution is 2.09. The van der Waals surface area contributed by atoms with Gasteiger partial charge in [0.05, 0.1) is 12.7 Å². The lowest BCUT2D eigenvalue weighted by molar-refractivity contribution is -0.132. The molecule has 1 heterocycles. The number of ether oxygens (including phenoxy) is 1. The minimum Gasteiger partial charge on any atom is -0.378 e. The summed E-state index contributed by atoms with van der Waals surface area (Å²) in [7, 11) is 1.76. The molecule has 19 heavy (non-hydrogen) atoms. The van der Waals surface area contributed by atoms with Crippen molar-refractivity contribution in [1.29, 1.82) is 0 Å². The van der Waals surface area contributed by atoms with E-state index < -0.39 is 0 Å². The van der Waals surface area contributed by atoms with Crippen molar-refractivity contribution in [2.45, 2.75) is 52.2 Å². The number of nitrogens with one attached hydrogen (secondary N) is 1. The number of nitrogens with zero attached hydrogens (tertiary/aromatic N) is 1. The molecule has 0 radical (unpaired) electrons. The molecule has 5 heteroatoms. The molecule has 2 amide bonds. The number of carbonyl (C=O) groups excluding carboxylic acids is 2. The molecule has 5 nitrogen and oxygen atoms in total. The summed E-state index contributed by atoms with van der Waals surface area (Å²) in [6, 6.07) is -0.342. The van der Waals surface area contributed by atoms with E-state index in [0.717, 1.165) is 6.42 Å². The maximum Gasteiger partial charge on any atom is 0.244 e. The maximum absolute atomic E-state index is 11.7. The molecular formula is C14H26N2O3. The normalized spacial score (nSPS) is 21.0. The van der Waals surface area contributed by atoms with Crippen molar-refractivity contribution in [3.05, 3.63) is 0 Å². The second-order valence-corrected chi connectivity index (χ2v) is 5.73. The Morgan fingerprint density at radius 2 is 2.16 bits per heavy atom. The van der Waals surface area contributed by atoms with Gasteiger partial charge >= 0.3 is 0 Å². The van der Waals surface area contributed by atoms with Crippen LogP contribution < -0.4 is 5.32 Å². The zero-order valence-corrected chi connectivity index (χ0v) is 12.4. The average Bonchev–Trinajstić information content (AvgIpc) is 2.60. The quantitative estimate of drug-likeness (QED) is 0.755. The molecule has 1 saturated heterocycles. The fourth-order valence-electron chi connectivity index (χ4n) is 2.31. The van der Waals surface area contributed by atoms with E-state index in [4.69, 9.17) is 4.74 Å². The first-order valence-electron chi connectivity index (χ1n) is 7.06. The topological polar surface area (TPSA) is 58.6 Å². The van der Waals surface area contributed by atoms with E-state index in [2.05, 4.69) is 19.2 Å². The van der Waals surface area contributed by atoms with Gasteiger partial charge in [-0.05, 0) is 25.7 Å². The standard InChI is InChI=1S/C14H26N2O3/c1-10(2)9-11(3)19-8-6-13(17)15-12-5-7-16(4)14(12)18/h10-12H,5-9H2,1-4H3,(H,15,17)/t11-,12+/m0/s1. The first-order chi connectivity index (χ1) is 8.90. The van der Waals surface area contributed by atoms with E-state index in [9.17, 15) is 9.59 Å². The third kappa shape index (κ3) is 5.59. The van der Waals surface area contributed by atoms with Gasteiger partial charge in [0.1, 0.15) is 6.04 Å². The Morgan fingerprint density at radius 1 is 1.47 bits per heavy atom. The lowest BCUT2D eigenvalue weighted by atomic mass is 10.1. The SMILES string of the molecule is CC(C)C[C@H](C)OCCC(=O)N[C@@H]1CCN(C)C1=O. The molecule has 0 aromatic rings. The van der Waals surface area contributed by atoms with Gasteiger partial charge in [-0.25, -0.2) is 0 Å². The van der Waals surface area contributed by atoms with Crippen molar-refractivity contribution in [2.24, 2.45) is 5.92 Å². The van der Waals surface area contributed by atoms with Crippen LogP contribution in [0.25, 0.3) is 0 Å². The van der Waals surface area contributed by atoms with E-state index in [-0.39, 0.29) is 24.0 Å². The van der Waals surface area contributed by atoms with Gasteiger partial charge in [-0.3, -0.25) is 9.59 Å². The van der Waals surface area contributed by atoms with Gasteiger partial charge in [0.15, 0.2) is 0 Å². The van der Waals surface area contributed by atoms with Crippen molar-refractivity contribution >= 4 is 11.8 Å². The lowest BCUT2D eigenvalue weighted by Gasteiger charge is -2.16. The van der Waals surface area contributed by atoms with Crippen LogP contribution >= 0.6 is 0 Å². The smallest absolute Gasteiger partial charge is 0.244 e. The predicted octanol–water partition coefficient (Wildman–Crippen LogP) is 1.17. The number of likely N-dealkylation sites (tertiary alicyclic amines) is 1. The Labute approximate surface area is 115 Å². The van der Waals surface area contributed by atoms with E-state index in [0.29, 0.717) is 31.9 Å². The van der Waals surface area contributed by atoms with E-state index in [1.807, 2.05) is 6.92 Å². The number of carbonyl (C=O) groups is 2. The third-order valence-corrected chi connectivity index (χ3v) is 3.30. The predicted molar refractivity (Wildman–Crippen MR) is 73.7 cm³/mol. The van der Waals surface area contributed by atoms with Crippen LogP contribution in [0.15, 0.2) is 0 Å². The summed E-state index contributed by atoms with van der Waals surface area (Å²) in [4.78, 5) is 25.0. The molecule has 0 bridgehead atoms. The summed E-state index contributed by atoms with van der Waals surface area (Å²) >= 11 is 0. The van der Waals surface area contributed by atoms with Crippen LogP contribution in [-0.4, -0.2) is 49.1 Å². The Kier molecular flexibility index (Phi) is 6.28. The summed E-state index contributed by atoms with van der Waals surface area (Å²) in [5.74, 6) is 0.489. The second-order valence-electron chi connectivity index (χ2n) is 5.73. The van der Waals surface area contributed by atoms with Crippen LogP contribution in [0.2, 0.25) is 0 Å². The largest absolute Gasteiger partial charge is 0.378 e. The van der Waals surface area contributed by atoms with Crippen molar-refractivity contribution < 1.29 is 14.3 Å². The van der Waals surface area contributed by atoms with Crippen LogP contribution in [0.3, 0.4) is 0 Å². The molecule has 0 spiro atoms. The van der Waals surface area contributed by atoms with E-state index >= 15 is 0 Å². The molecule has 2 atom stereocenters. The molecule has 1 aliphatic heterocycles. The summed E-state index contributed by atoms with van der Waals surface area (Å²) in [5.41, 5.74) is 0. The molecule has 1 N–H and O–H groups in total. The van der Waals surface area contributed by atoms with Gasteiger partial charge in [-0.2, -0.15) is 0 Å². The molecule has 0 aromatic heterocycles. The molecular weight excluding hydrogens is 244 g/mol. The summed E-state index contributed by atoms with van der Waals surface area (Å²) < 4.78 is 5.58. The molecule has 0 unspecified atom stereocenters. The van der Waals surface area contributed by atoms with Gasteiger partial charge in [-0.15, -0.1) is 0 Å². The van der Waals surface area contributed by atoms with Crippen molar-refractivity contribution in [2.75, 3.05) is 20.2 Å². The van der Waals surface area contributed by atoms with Crippen molar-refractivity contribution in [3.8, 4) is 0 Å². The van der Waals surface area contributed by atoms with Crippen LogP contribution in [0, 0.1) is 5.92 Å². The van der Waals surface area contributed by atoms with Gasteiger partial charge in [0, 0.05) is 20.0 Å². The summed E-state index contributed by atoms with van der Waals surface area (Å²) in [6.07, 6.45) is 2.18. The average molecular weight is 270 g/mol.